The summed E-state index contributed by atoms with van der Waals surface area (Å²) in [5.74, 6) is 0.128. The van der Waals surface area contributed by atoms with Gasteiger partial charge in [0.1, 0.15) is 5.82 Å². The van der Waals surface area contributed by atoms with E-state index >= 15 is 0 Å². The molecule has 32 heavy (non-hydrogen) atoms. The topological polar surface area (TPSA) is 46.9 Å². The molecular formula is C26H27ClFN3O. The van der Waals surface area contributed by atoms with Crippen molar-refractivity contribution in [3.8, 4) is 0 Å². The van der Waals surface area contributed by atoms with Crippen LogP contribution in [0.2, 0.25) is 5.02 Å². The molecule has 4 nitrogen and oxygen atoms in total. The third-order valence-corrected chi connectivity index (χ3v) is 8.37. The van der Waals surface area contributed by atoms with Crippen LogP contribution in [0.15, 0.2) is 36.5 Å². The summed E-state index contributed by atoms with van der Waals surface area (Å²) in [6, 6.07) is 9.27. The van der Waals surface area contributed by atoms with Gasteiger partial charge in [-0.1, -0.05) is 36.6 Å². The molecule has 3 aromatic rings. The number of aromatic nitrogens is 2. The van der Waals surface area contributed by atoms with Gasteiger partial charge in [0.05, 0.1) is 28.8 Å². The fourth-order valence-electron chi connectivity index (χ4n) is 5.80. The molecule has 2 aromatic carbocycles. The molecule has 3 fully saturated rings. The monoisotopic (exact) mass is 451 g/mol. The van der Waals surface area contributed by atoms with E-state index in [1.165, 1.54) is 25.7 Å². The van der Waals surface area contributed by atoms with Crippen molar-refractivity contribution in [2.24, 2.45) is 5.41 Å². The summed E-state index contributed by atoms with van der Waals surface area (Å²) in [6.45, 7) is 0.387. The number of fused-ring (bicyclic) bond motifs is 1. The number of amides is 1. The van der Waals surface area contributed by atoms with Crippen molar-refractivity contribution < 1.29 is 9.18 Å². The predicted octanol–water partition coefficient (Wildman–Crippen LogP) is 6.21. The Labute approximate surface area is 192 Å². The first-order chi connectivity index (χ1) is 15.5. The average Bonchev–Trinajstić information content (AvgIpc) is 3.08. The quantitative estimate of drug-likeness (QED) is 0.501. The number of rotatable bonds is 5. The van der Waals surface area contributed by atoms with Gasteiger partial charge in [-0.25, -0.2) is 4.39 Å². The standard InChI is InChI=1S/C26H27ClFN3O/c27-22-8-7-20(25(32)30-18-12-26(13-18)9-2-10-26)24-21(22)14-29-31(24)15-16-5-6-19(23(28)11-16)17-3-1-4-17/h5-8,11,14,17-18H,1-4,9-10,12-13,15H2,(H,30,32). The summed E-state index contributed by atoms with van der Waals surface area (Å²) >= 11 is 6.42. The molecule has 166 valence electrons. The van der Waals surface area contributed by atoms with Crippen LogP contribution in [0.5, 0.6) is 0 Å². The van der Waals surface area contributed by atoms with Gasteiger partial charge in [0.15, 0.2) is 0 Å². The van der Waals surface area contributed by atoms with Crippen LogP contribution in [-0.4, -0.2) is 21.7 Å². The largest absolute Gasteiger partial charge is 0.349 e. The molecule has 1 heterocycles. The molecule has 0 saturated heterocycles. The van der Waals surface area contributed by atoms with Crippen molar-refractivity contribution in [2.75, 3.05) is 0 Å². The number of hydrogen-bond acceptors (Lipinski definition) is 2. The molecular weight excluding hydrogens is 425 g/mol. The number of benzene rings is 2. The van der Waals surface area contributed by atoms with Gasteiger partial charge < -0.3 is 5.32 Å². The van der Waals surface area contributed by atoms with E-state index in [1.807, 2.05) is 12.1 Å². The molecule has 0 radical (unpaired) electrons. The summed E-state index contributed by atoms with van der Waals surface area (Å²) in [5, 5.41) is 9.01. The molecule has 1 amide bonds. The molecule has 6 rings (SSSR count). The highest BCUT2D eigenvalue weighted by molar-refractivity contribution is 6.36. The van der Waals surface area contributed by atoms with E-state index in [9.17, 15) is 9.18 Å². The predicted molar refractivity (Wildman–Crippen MR) is 124 cm³/mol. The summed E-state index contributed by atoms with van der Waals surface area (Å²) in [7, 11) is 0. The molecule has 3 aliphatic rings. The van der Waals surface area contributed by atoms with Crippen molar-refractivity contribution in [1.82, 2.24) is 15.1 Å². The molecule has 3 saturated carbocycles. The highest BCUT2D eigenvalue weighted by Gasteiger charge is 2.48. The molecule has 6 heteroatoms. The normalized spacial score (nSPS) is 20.1. The molecule has 1 spiro atoms. The lowest BCUT2D eigenvalue weighted by Gasteiger charge is -2.54. The van der Waals surface area contributed by atoms with E-state index in [4.69, 9.17) is 11.6 Å². The van der Waals surface area contributed by atoms with E-state index in [0.29, 0.717) is 34.0 Å². The van der Waals surface area contributed by atoms with Gasteiger partial charge in [0, 0.05) is 11.4 Å². The minimum Gasteiger partial charge on any atom is -0.349 e. The van der Waals surface area contributed by atoms with Crippen LogP contribution in [0.3, 0.4) is 0 Å². The lowest BCUT2D eigenvalue weighted by atomic mass is 9.54. The first-order valence-electron chi connectivity index (χ1n) is 11.7. The Hall–Kier alpha value is -2.40. The lowest BCUT2D eigenvalue weighted by Crippen LogP contribution is -2.53. The zero-order valence-electron chi connectivity index (χ0n) is 18.0. The maximum Gasteiger partial charge on any atom is 0.253 e. The minimum absolute atomic E-state index is 0.0842. The Kier molecular flexibility index (Phi) is 4.79. The second kappa shape index (κ2) is 7.58. The average molecular weight is 452 g/mol. The van der Waals surface area contributed by atoms with Crippen LogP contribution in [0.25, 0.3) is 10.9 Å². The lowest BCUT2D eigenvalue weighted by molar-refractivity contribution is -0.000604. The zero-order chi connectivity index (χ0) is 21.9. The molecule has 1 N–H and O–H groups in total. The SMILES string of the molecule is O=C(NC1CC2(CCC2)C1)c1ccc(Cl)c2cnn(Cc3ccc(C4CCC4)c(F)c3)c12. The Balaban J connectivity index is 1.26. The van der Waals surface area contributed by atoms with Crippen LogP contribution in [0.4, 0.5) is 4.39 Å². The third-order valence-electron chi connectivity index (χ3n) is 8.04. The van der Waals surface area contributed by atoms with E-state index in [0.717, 1.165) is 42.2 Å². The molecule has 0 aliphatic heterocycles. The maximum atomic E-state index is 14.7. The smallest absolute Gasteiger partial charge is 0.253 e. The van der Waals surface area contributed by atoms with E-state index in [-0.39, 0.29) is 17.8 Å². The Morgan fingerprint density at radius 3 is 2.66 bits per heavy atom. The van der Waals surface area contributed by atoms with Gasteiger partial charge in [0.25, 0.3) is 5.91 Å². The highest BCUT2D eigenvalue weighted by Crippen LogP contribution is 2.55. The Morgan fingerprint density at radius 1 is 1.19 bits per heavy atom. The van der Waals surface area contributed by atoms with Crippen molar-refractivity contribution in [3.05, 3.63) is 64.1 Å². The highest BCUT2D eigenvalue weighted by atomic mass is 35.5. The first-order valence-corrected chi connectivity index (χ1v) is 12.1. The Bertz CT molecular complexity index is 1200. The van der Waals surface area contributed by atoms with Crippen molar-refractivity contribution in [1.29, 1.82) is 0 Å². The van der Waals surface area contributed by atoms with Gasteiger partial charge >= 0.3 is 0 Å². The van der Waals surface area contributed by atoms with Crippen LogP contribution in [0, 0.1) is 11.2 Å². The van der Waals surface area contributed by atoms with E-state index < -0.39 is 0 Å². The van der Waals surface area contributed by atoms with Crippen LogP contribution >= 0.6 is 11.6 Å². The van der Waals surface area contributed by atoms with Crippen molar-refractivity contribution in [2.45, 2.75) is 69.9 Å². The van der Waals surface area contributed by atoms with Crippen LogP contribution < -0.4 is 5.32 Å². The fraction of sp³-hybridized carbons (Fsp3) is 0.462. The molecule has 0 bridgehead atoms. The van der Waals surface area contributed by atoms with Crippen molar-refractivity contribution in [3.63, 3.8) is 0 Å². The Morgan fingerprint density at radius 2 is 2.00 bits per heavy atom. The summed E-state index contributed by atoms with van der Waals surface area (Å²) in [4.78, 5) is 13.2. The third kappa shape index (κ3) is 3.33. The molecule has 1 aromatic heterocycles. The number of halogens is 2. The van der Waals surface area contributed by atoms with Gasteiger partial charge in [-0.15, -0.1) is 0 Å². The molecule has 0 unspecified atom stereocenters. The van der Waals surface area contributed by atoms with Crippen LogP contribution in [-0.2, 0) is 6.54 Å². The fourth-order valence-corrected chi connectivity index (χ4v) is 6.00. The van der Waals surface area contributed by atoms with Gasteiger partial charge in [-0.3, -0.25) is 9.48 Å². The van der Waals surface area contributed by atoms with Gasteiger partial charge in [0.2, 0.25) is 0 Å². The van der Waals surface area contributed by atoms with E-state index in [2.05, 4.69) is 10.4 Å². The summed E-state index contributed by atoms with van der Waals surface area (Å²) in [5.41, 5.74) is 3.43. The number of nitrogens with zero attached hydrogens (tertiary/aromatic N) is 2. The molecule has 3 aliphatic carbocycles. The van der Waals surface area contributed by atoms with Crippen LogP contribution in [0.1, 0.15) is 78.8 Å². The van der Waals surface area contributed by atoms with Gasteiger partial charge in [-0.2, -0.15) is 5.10 Å². The number of hydrogen-bond donors (Lipinski definition) is 1. The number of carbonyl (C=O) groups is 1. The first kappa shape index (κ1) is 20.2. The number of nitrogens with one attached hydrogen (secondary N) is 1. The van der Waals surface area contributed by atoms with E-state index in [1.54, 1.807) is 29.1 Å². The maximum absolute atomic E-state index is 14.7. The second-order valence-corrected chi connectivity index (χ2v) is 10.5. The summed E-state index contributed by atoms with van der Waals surface area (Å²) in [6.07, 6.45) is 11.1. The van der Waals surface area contributed by atoms with Crippen molar-refractivity contribution >= 4 is 28.4 Å². The second-order valence-electron chi connectivity index (χ2n) is 10.1. The molecule has 0 atom stereocenters. The zero-order valence-corrected chi connectivity index (χ0v) is 18.8. The summed E-state index contributed by atoms with van der Waals surface area (Å²) < 4.78 is 16.5. The number of carbonyl (C=O) groups excluding carboxylic acids is 1. The minimum atomic E-state index is -0.144. The van der Waals surface area contributed by atoms with Gasteiger partial charge in [-0.05, 0) is 79.2 Å².